The molecule has 0 aromatic heterocycles. The number of likely N-dealkylation sites (N-methyl/N-ethyl adjacent to an activating group) is 1. The number of hydrogen-bond donors (Lipinski definition) is 6. The van der Waals surface area contributed by atoms with Crippen LogP contribution in [0.15, 0.2) is 10.6 Å². The van der Waals surface area contributed by atoms with E-state index in [4.69, 9.17) is 11.5 Å². The second kappa shape index (κ2) is 11.3. The Hall–Kier alpha value is -2.23. The van der Waals surface area contributed by atoms with E-state index >= 15 is 0 Å². The minimum absolute atomic E-state index is 0.000454. The molecule has 0 aromatic rings. The number of aliphatic carboxylic acids is 1. The molecule has 4 aliphatic rings. The number of piperazine rings is 1. The summed E-state index contributed by atoms with van der Waals surface area (Å²) in [6, 6.07) is -1.07. The monoisotopic (exact) mass is 538 g/mol. The number of nitrogens with one attached hydrogen (secondary N) is 3. The fourth-order valence-electron chi connectivity index (χ4n) is 5.87. The van der Waals surface area contributed by atoms with E-state index in [9.17, 15) is 24.3 Å². The smallest absolute Gasteiger partial charge is 0.353 e. The lowest BCUT2D eigenvalue weighted by Gasteiger charge is -2.47. The molecule has 4 aliphatic heterocycles. The van der Waals surface area contributed by atoms with E-state index in [2.05, 4.69) is 16.0 Å². The van der Waals surface area contributed by atoms with Gasteiger partial charge in [-0.2, -0.15) is 0 Å². The van der Waals surface area contributed by atoms with Crippen molar-refractivity contribution >= 4 is 35.5 Å². The number of β-lactam (4-membered cyclic amide) rings is 1. The van der Waals surface area contributed by atoms with Crippen molar-refractivity contribution in [3.63, 3.8) is 0 Å². The van der Waals surface area contributed by atoms with Crippen molar-refractivity contribution in [2.24, 2.45) is 23.3 Å². The van der Waals surface area contributed by atoms with Crippen molar-refractivity contribution in [1.82, 2.24) is 30.7 Å². The Balaban J connectivity index is 1.39. The number of rotatable bonds is 9. The molecule has 0 saturated carbocycles. The zero-order chi connectivity index (χ0) is 27.0. The minimum Gasteiger partial charge on any atom is -0.477 e. The summed E-state index contributed by atoms with van der Waals surface area (Å²) in [6.45, 7) is 6.80. The van der Waals surface area contributed by atoms with Crippen LogP contribution in [0.4, 0.5) is 0 Å². The number of carbonyl (C=O) groups excluding carboxylic acids is 3. The first-order chi connectivity index (χ1) is 17.5. The molecule has 3 amide bonds. The van der Waals surface area contributed by atoms with Crippen LogP contribution in [0, 0.1) is 11.8 Å². The molecule has 3 fully saturated rings. The highest BCUT2D eigenvalue weighted by Crippen LogP contribution is 2.51. The van der Waals surface area contributed by atoms with Crippen LogP contribution in [0.2, 0.25) is 0 Å². The summed E-state index contributed by atoms with van der Waals surface area (Å²) in [5, 5.41) is 18.9. The molecular formula is C23H38N8O5S. The summed E-state index contributed by atoms with van der Waals surface area (Å²) in [4.78, 5) is 56.1. The third-order valence-electron chi connectivity index (χ3n) is 7.79. The SMILES string of the molecule is CNCC(=O)N[C@H](C)[C@H]1C(=O)N2C(C(=O)O)=C(S[C@@H]3CN[C@H](C(=O)N4CCN(C(N)N)CC4)C3)[C@H](C)[C@H]12. The number of thioether (sulfide) groups is 1. The highest BCUT2D eigenvalue weighted by molar-refractivity contribution is 8.03. The molecule has 0 aromatic carbocycles. The summed E-state index contributed by atoms with van der Waals surface area (Å²) in [6.07, 6.45) is 0.0414. The van der Waals surface area contributed by atoms with E-state index in [0.29, 0.717) is 44.0 Å². The standard InChI is InChI=1S/C23H38N8O5S/c1-11-17-16(12(2)28-15(32)10-26-3)21(34)31(17)18(22(35)36)19(11)37-13-8-14(27-9-13)20(33)29-4-6-30(7-5-29)23(24)25/h11-14,16-17,23,26-27H,4-10,24-25H2,1-3H3,(H,28,32)(H,35,36)/t11-,12-,13+,14+,16-,17-/m1/s1. The van der Waals surface area contributed by atoms with Crippen molar-refractivity contribution in [2.75, 3.05) is 46.3 Å². The summed E-state index contributed by atoms with van der Waals surface area (Å²) in [7, 11) is 1.67. The minimum atomic E-state index is -1.13. The number of carbonyl (C=O) groups is 4. The summed E-state index contributed by atoms with van der Waals surface area (Å²) in [5.41, 5.74) is 11.5. The molecular weight excluding hydrogens is 500 g/mol. The van der Waals surface area contributed by atoms with E-state index < -0.39 is 24.2 Å². The van der Waals surface area contributed by atoms with Crippen molar-refractivity contribution in [2.45, 2.75) is 49.9 Å². The summed E-state index contributed by atoms with van der Waals surface area (Å²) >= 11 is 1.45. The van der Waals surface area contributed by atoms with Crippen LogP contribution in [0.3, 0.4) is 0 Å². The predicted molar refractivity (Wildman–Crippen MR) is 138 cm³/mol. The number of nitrogens with two attached hydrogens (primary N) is 2. The zero-order valence-corrected chi connectivity index (χ0v) is 22.3. The van der Waals surface area contributed by atoms with Gasteiger partial charge in [-0.25, -0.2) is 4.79 Å². The molecule has 8 N–H and O–H groups in total. The maximum atomic E-state index is 13.1. The third-order valence-corrected chi connectivity index (χ3v) is 9.30. The van der Waals surface area contributed by atoms with Crippen molar-refractivity contribution < 1.29 is 24.3 Å². The highest BCUT2D eigenvalue weighted by atomic mass is 32.2. The number of amides is 3. The lowest BCUT2D eigenvalue weighted by molar-refractivity contribution is -0.158. The Labute approximate surface area is 220 Å². The van der Waals surface area contributed by atoms with E-state index in [-0.39, 0.29) is 53.2 Å². The lowest BCUT2D eigenvalue weighted by atomic mass is 9.78. The van der Waals surface area contributed by atoms with Crippen LogP contribution in [0.25, 0.3) is 0 Å². The Morgan fingerprint density at radius 1 is 1.22 bits per heavy atom. The fraction of sp³-hybridized carbons (Fsp3) is 0.739. The Kier molecular flexibility index (Phi) is 8.45. The quantitative estimate of drug-likeness (QED) is 0.132. The highest BCUT2D eigenvalue weighted by Gasteiger charge is 2.60. The molecule has 0 unspecified atom stereocenters. The van der Waals surface area contributed by atoms with Gasteiger partial charge in [0.1, 0.15) is 12.0 Å². The maximum absolute atomic E-state index is 13.1. The van der Waals surface area contributed by atoms with Gasteiger partial charge in [0.15, 0.2) is 0 Å². The van der Waals surface area contributed by atoms with E-state index in [1.165, 1.54) is 16.7 Å². The van der Waals surface area contributed by atoms with Gasteiger partial charge in [-0.05, 0) is 20.4 Å². The molecule has 37 heavy (non-hydrogen) atoms. The molecule has 4 rings (SSSR count). The Bertz CT molecular complexity index is 969. The number of fused-ring (bicyclic) bond motifs is 1. The van der Waals surface area contributed by atoms with Crippen molar-refractivity contribution in [3.05, 3.63) is 10.6 Å². The summed E-state index contributed by atoms with van der Waals surface area (Å²) in [5.74, 6) is -2.27. The molecule has 0 aliphatic carbocycles. The molecule has 4 heterocycles. The van der Waals surface area contributed by atoms with Crippen molar-refractivity contribution in [1.29, 1.82) is 0 Å². The molecule has 0 bridgehead atoms. The normalized spacial score (nSPS) is 31.0. The van der Waals surface area contributed by atoms with Gasteiger partial charge in [-0.1, -0.05) is 6.92 Å². The van der Waals surface area contributed by atoms with Crippen LogP contribution < -0.4 is 27.4 Å². The van der Waals surface area contributed by atoms with E-state index in [0.717, 1.165) is 0 Å². The fourth-order valence-corrected chi connectivity index (χ4v) is 7.35. The van der Waals surface area contributed by atoms with Crippen molar-refractivity contribution in [3.8, 4) is 0 Å². The molecule has 6 atom stereocenters. The number of hydrogen-bond acceptors (Lipinski definition) is 10. The van der Waals surface area contributed by atoms with Gasteiger partial charge in [0.2, 0.25) is 17.7 Å². The van der Waals surface area contributed by atoms with Gasteiger partial charge in [0.05, 0.1) is 24.5 Å². The Morgan fingerprint density at radius 3 is 2.49 bits per heavy atom. The average Bonchev–Trinajstić information content (AvgIpc) is 3.40. The van der Waals surface area contributed by atoms with Gasteiger partial charge in [-0.3, -0.25) is 19.3 Å². The van der Waals surface area contributed by atoms with Crippen LogP contribution >= 0.6 is 11.8 Å². The number of nitrogens with zero attached hydrogens (tertiary/aromatic N) is 3. The van der Waals surface area contributed by atoms with Crippen LogP contribution in [-0.4, -0.2) is 119 Å². The zero-order valence-electron chi connectivity index (χ0n) is 21.5. The third kappa shape index (κ3) is 5.36. The van der Waals surface area contributed by atoms with Gasteiger partial charge in [0.25, 0.3) is 0 Å². The van der Waals surface area contributed by atoms with Crippen LogP contribution in [0.1, 0.15) is 20.3 Å². The topological polar surface area (TPSA) is 186 Å². The molecule has 206 valence electrons. The molecule has 13 nitrogen and oxygen atoms in total. The Morgan fingerprint density at radius 2 is 1.89 bits per heavy atom. The maximum Gasteiger partial charge on any atom is 0.353 e. The predicted octanol–water partition coefficient (Wildman–Crippen LogP) is -2.71. The molecule has 14 heteroatoms. The van der Waals surface area contributed by atoms with Crippen LogP contribution in [-0.2, 0) is 19.2 Å². The first kappa shape index (κ1) is 27.8. The largest absolute Gasteiger partial charge is 0.477 e. The van der Waals surface area contributed by atoms with E-state index in [1.807, 2.05) is 16.7 Å². The number of carboxylic acid groups (broad SMARTS) is 1. The second-order valence-electron chi connectivity index (χ2n) is 10.2. The summed E-state index contributed by atoms with van der Waals surface area (Å²) < 4.78 is 0. The molecule has 3 saturated heterocycles. The number of carboxylic acids is 1. The first-order valence-corrected chi connectivity index (χ1v) is 13.6. The molecule has 0 spiro atoms. The van der Waals surface area contributed by atoms with Gasteiger partial charge >= 0.3 is 5.97 Å². The van der Waals surface area contributed by atoms with Gasteiger partial charge in [0, 0.05) is 54.8 Å². The molecule has 0 radical (unpaired) electrons. The van der Waals surface area contributed by atoms with Crippen LogP contribution in [0.5, 0.6) is 0 Å². The van der Waals surface area contributed by atoms with Gasteiger partial charge in [-0.15, -0.1) is 11.8 Å². The average molecular weight is 539 g/mol. The van der Waals surface area contributed by atoms with Gasteiger partial charge < -0.3 is 42.3 Å². The van der Waals surface area contributed by atoms with E-state index in [1.54, 1.807) is 14.0 Å². The second-order valence-corrected chi connectivity index (χ2v) is 11.5. The lowest BCUT2D eigenvalue weighted by Crippen LogP contribution is -2.66. The first-order valence-electron chi connectivity index (χ1n) is 12.7.